The van der Waals surface area contributed by atoms with E-state index in [-0.39, 0.29) is 35.9 Å². The molecule has 1 aromatic heterocycles. The molecule has 0 spiro atoms. The SMILES string of the molecule is CC(C)(C)OC(=O)N1CCC[C@H]1c1nc(-c2ccc(OCC/C=C/c3ccc(C(F)(F)F)cc3)c(C(F)(F)F)c2)co1. The van der Waals surface area contributed by atoms with E-state index < -0.39 is 41.2 Å². The monoisotopic (exact) mass is 596 g/mol. The number of halogens is 6. The summed E-state index contributed by atoms with van der Waals surface area (Å²) < 4.78 is 96.2. The van der Waals surface area contributed by atoms with Gasteiger partial charge in [-0.3, -0.25) is 4.90 Å². The van der Waals surface area contributed by atoms with E-state index in [1.54, 1.807) is 32.9 Å². The Balaban J connectivity index is 1.42. The highest BCUT2D eigenvalue weighted by atomic mass is 19.4. The first kappa shape index (κ1) is 31.0. The van der Waals surface area contributed by atoms with Gasteiger partial charge in [0.1, 0.15) is 29.3 Å². The molecule has 12 heteroatoms. The van der Waals surface area contributed by atoms with Gasteiger partial charge in [-0.1, -0.05) is 24.3 Å². The van der Waals surface area contributed by atoms with Crippen LogP contribution in [0.2, 0.25) is 0 Å². The molecule has 226 valence electrons. The van der Waals surface area contributed by atoms with Crippen LogP contribution in [0.25, 0.3) is 17.3 Å². The van der Waals surface area contributed by atoms with Crippen LogP contribution in [-0.4, -0.2) is 34.7 Å². The summed E-state index contributed by atoms with van der Waals surface area (Å²) in [4.78, 5) is 18.5. The molecule has 1 saturated heterocycles. The van der Waals surface area contributed by atoms with Gasteiger partial charge in [0, 0.05) is 12.1 Å². The molecule has 1 aliphatic rings. The predicted molar refractivity (Wildman–Crippen MR) is 142 cm³/mol. The Hall–Kier alpha value is -3.96. The molecule has 6 nitrogen and oxygen atoms in total. The Morgan fingerprint density at radius 2 is 1.76 bits per heavy atom. The lowest BCUT2D eigenvalue weighted by Crippen LogP contribution is -2.36. The standard InChI is InChI=1S/C30H30F6N2O4/c1-28(2,3)42-27(39)38-15-6-8-24(38)26-37-23(18-41-26)20-11-14-25(22(17-20)30(34,35)36)40-16-5-4-7-19-9-12-21(13-10-19)29(31,32)33/h4,7,9-14,17-18,24H,5-6,8,15-16H2,1-3H3/b7-4+/t24-/m0/s1. The van der Waals surface area contributed by atoms with Gasteiger partial charge >= 0.3 is 18.4 Å². The predicted octanol–water partition coefficient (Wildman–Crippen LogP) is 8.93. The molecule has 2 heterocycles. The van der Waals surface area contributed by atoms with Crippen LogP contribution in [-0.2, 0) is 17.1 Å². The van der Waals surface area contributed by atoms with Gasteiger partial charge in [0.15, 0.2) is 0 Å². The summed E-state index contributed by atoms with van der Waals surface area (Å²) in [5, 5.41) is 0. The Morgan fingerprint density at radius 1 is 1.05 bits per heavy atom. The number of ether oxygens (including phenoxy) is 2. The van der Waals surface area contributed by atoms with Gasteiger partial charge in [0.25, 0.3) is 0 Å². The molecule has 0 aliphatic carbocycles. The molecule has 42 heavy (non-hydrogen) atoms. The number of hydrogen-bond acceptors (Lipinski definition) is 5. The first-order chi connectivity index (χ1) is 19.6. The van der Waals surface area contributed by atoms with Crippen LogP contribution in [0.4, 0.5) is 31.1 Å². The zero-order chi connectivity index (χ0) is 30.7. The molecule has 0 radical (unpaired) electrons. The van der Waals surface area contributed by atoms with Crippen molar-refractivity contribution in [1.29, 1.82) is 0 Å². The number of carbonyl (C=O) groups excluding carboxylic acids is 1. The first-order valence-corrected chi connectivity index (χ1v) is 13.2. The fourth-order valence-corrected chi connectivity index (χ4v) is 4.41. The number of aromatic nitrogens is 1. The molecule has 4 rings (SSSR count). The van der Waals surface area contributed by atoms with Gasteiger partial charge in [0.2, 0.25) is 5.89 Å². The molecule has 2 aromatic carbocycles. The van der Waals surface area contributed by atoms with Crippen LogP contribution in [0.3, 0.4) is 0 Å². The Morgan fingerprint density at radius 3 is 2.40 bits per heavy atom. The minimum Gasteiger partial charge on any atom is -0.493 e. The third-order valence-corrected chi connectivity index (χ3v) is 6.36. The lowest BCUT2D eigenvalue weighted by Gasteiger charge is -2.27. The normalized spacial score (nSPS) is 16.3. The molecule has 1 fully saturated rings. The quantitative estimate of drug-likeness (QED) is 0.201. The lowest BCUT2D eigenvalue weighted by molar-refractivity contribution is -0.139. The minimum absolute atomic E-state index is 0.0875. The van der Waals surface area contributed by atoms with Crippen molar-refractivity contribution in [3.63, 3.8) is 0 Å². The van der Waals surface area contributed by atoms with Crippen LogP contribution >= 0.6 is 0 Å². The number of hydrogen-bond donors (Lipinski definition) is 0. The number of alkyl halides is 6. The highest BCUT2D eigenvalue weighted by molar-refractivity contribution is 5.69. The van der Waals surface area contributed by atoms with E-state index in [0.29, 0.717) is 24.9 Å². The zero-order valence-corrected chi connectivity index (χ0v) is 23.2. The van der Waals surface area contributed by atoms with E-state index in [2.05, 4.69) is 4.98 Å². The number of nitrogens with zero attached hydrogens (tertiary/aromatic N) is 2. The second-order valence-corrected chi connectivity index (χ2v) is 10.8. The second kappa shape index (κ2) is 12.1. The Labute approximate surface area is 238 Å². The summed E-state index contributed by atoms with van der Waals surface area (Å²) in [6, 6.07) is 7.59. The third-order valence-electron chi connectivity index (χ3n) is 6.36. The van der Waals surface area contributed by atoms with Gasteiger partial charge in [-0.25, -0.2) is 9.78 Å². The van der Waals surface area contributed by atoms with Crippen molar-refractivity contribution in [1.82, 2.24) is 9.88 Å². The molecular weight excluding hydrogens is 566 g/mol. The molecule has 1 amide bonds. The molecule has 3 aromatic rings. The van der Waals surface area contributed by atoms with Crippen molar-refractivity contribution in [2.75, 3.05) is 13.2 Å². The van der Waals surface area contributed by atoms with Crippen LogP contribution in [0, 0.1) is 0 Å². The average molecular weight is 597 g/mol. The lowest BCUT2D eigenvalue weighted by atomic mass is 10.1. The molecule has 0 saturated carbocycles. The van der Waals surface area contributed by atoms with Crippen LogP contribution in [0.5, 0.6) is 5.75 Å². The van der Waals surface area contributed by atoms with Crippen molar-refractivity contribution in [2.45, 2.75) is 64.0 Å². The van der Waals surface area contributed by atoms with Crippen molar-refractivity contribution >= 4 is 12.2 Å². The van der Waals surface area contributed by atoms with E-state index >= 15 is 0 Å². The number of rotatable bonds is 7. The fraction of sp³-hybridized carbons (Fsp3) is 0.400. The summed E-state index contributed by atoms with van der Waals surface area (Å²) in [5.74, 6) is -0.160. The second-order valence-electron chi connectivity index (χ2n) is 10.8. The van der Waals surface area contributed by atoms with Crippen molar-refractivity contribution in [3.8, 4) is 17.0 Å². The Bertz CT molecular complexity index is 1400. The zero-order valence-electron chi connectivity index (χ0n) is 23.2. The average Bonchev–Trinajstić information content (AvgIpc) is 3.57. The summed E-state index contributed by atoms with van der Waals surface area (Å²) in [7, 11) is 0. The molecule has 1 aliphatic heterocycles. The van der Waals surface area contributed by atoms with Crippen molar-refractivity contribution in [2.24, 2.45) is 0 Å². The van der Waals surface area contributed by atoms with E-state index in [1.165, 1.54) is 35.4 Å². The maximum atomic E-state index is 13.9. The maximum Gasteiger partial charge on any atom is 0.419 e. The van der Waals surface area contributed by atoms with Gasteiger partial charge in [-0.05, 0) is 75.9 Å². The van der Waals surface area contributed by atoms with Gasteiger partial charge in [0.05, 0.1) is 17.7 Å². The number of benzene rings is 2. The number of carbonyl (C=O) groups is 1. The van der Waals surface area contributed by atoms with Crippen LogP contribution in [0.1, 0.15) is 68.7 Å². The third kappa shape index (κ3) is 7.86. The topological polar surface area (TPSA) is 64.8 Å². The Kier molecular flexibility index (Phi) is 8.93. The van der Waals surface area contributed by atoms with E-state index in [0.717, 1.165) is 18.2 Å². The minimum atomic E-state index is -4.72. The van der Waals surface area contributed by atoms with Crippen molar-refractivity contribution in [3.05, 3.63) is 77.4 Å². The smallest absolute Gasteiger partial charge is 0.419 e. The molecule has 0 N–H and O–H groups in total. The fourth-order valence-electron chi connectivity index (χ4n) is 4.41. The summed E-state index contributed by atoms with van der Waals surface area (Å²) in [6.45, 7) is 5.62. The molecule has 0 unspecified atom stereocenters. The molecular formula is C30H30F6N2O4. The maximum absolute atomic E-state index is 13.9. The summed E-state index contributed by atoms with van der Waals surface area (Å²) >= 11 is 0. The van der Waals surface area contributed by atoms with Crippen molar-refractivity contribution < 1.29 is 45.0 Å². The highest BCUT2D eigenvalue weighted by Crippen LogP contribution is 2.40. The number of oxazole rings is 1. The first-order valence-electron chi connectivity index (χ1n) is 13.2. The van der Waals surface area contributed by atoms with Gasteiger partial charge in [-0.2, -0.15) is 26.3 Å². The van der Waals surface area contributed by atoms with Crippen LogP contribution in [0.15, 0.2) is 59.2 Å². The van der Waals surface area contributed by atoms with E-state index in [9.17, 15) is 31.1 Å². The van der Waals surface area contributed by atoms with E-state index in [4.69, 9.17) is 13.9 Å². The number of amides is 1. The molecule has 1 atom stereocenters. The van der Waals surface area contributed by atoms with Gasteiger partial charge < -0.3 is 13.9 Å². The van der Waals surface area contributed by atoms with E-state index in [1.807, 2.05) is 0 Å². The van der Waals surface area contributed by atoms with Gasteiger partial charge in [-0.15, -0.1) is 0 Å². The highest BCUT2D eigenvalue weighted by Gasteiger charge is 2.37. The number of likely N-dealkylation sites (tertiary alicyclic amines) is 1. The largest absolute Gasteiger partial charge is 0.493 e. The summed E-state index contributed by atoms with van der Waals surface area (Å²) in [5.41, 5.74) is -1.60. The van der Waals surface area contributed by atoms with Crippen LogP contribution < -0.4 is 4.74 Å². The molecule has 0 bridgehead atoms. The summed E-state index contributed by atoms with van der Waals surface area (Å²) in [6.07, 6.45) is -3.74.